The highest BCUT2D eigenvalue weighted by molar-refractivity contribution is 5.13. The van der Waals surface area contributed by atoms with Crippen molar-refractivity contribution < 1.29 is 0 Å². The number of fused-ring (bicyclic) bond motifs is 4. The van der Waals surface area contributed by atoms with Crippen molar-refractivity contribution in [1.82, 2.24) is 10.6 Å². The molecule has 0 aromatic heterocycles. The zero-order valence-corrected chi connectivity index (χ0v) is 16.0. The van der Waals surface area contributed by atoms with Gasteiger partial charge in [-0.2, -0.15) is 0 Å². The van der Waals surface area contributed by atoms with Crippen LogP contribution in [0.2, 0.25) is 0 Å². The molecule has 0 amide bonds. The third-order valence-corrected chi connectivity index (χ3v) is 9.57. The predicted octanol–water partition coefficient (Wildman–Crippen LogP) is 4.21. The molecule has 132 valence electrons. The molecule has 4 fully saturated rings. The Labute approximate surface area is 143 Å². The minimum Gasteiger partial charge on any atom is -0.312 e. The summed E-state index contributed by atoms with van der Waals surface area (Å²) in [4.78, 5) is 0. The van der Waals surface area contributed by atoms with Gasteiger partial charge in [0.2, 0.25) is 0 Å². The molecule has 0 aromatic carbocycles. The Morgan fingerprint density at radius 2 is 1.57 bits per heavy atom. The van der Waals surface area contributed by atoms with Crippen molar-refractivity contribution in [1.29, 1.82) is 0 Å². The maximum Gasteiger partial charge on any atom is 0.0129 e. The maximum atomic E-state index is 3.94. The van der Waals surface area contributed by atoms with Crippen LogP contribution in [0.4, 0.5) is 0 Å². The van der Waals surface area contributed by atoms with Crippen molar-refractivity contribution in [2.45, 2.75) is 85.2 Å². The van der Waals surface area contributed by atoms with Crippen molar-refractivity contribution >= 4 is 0 Å². The molecule has 0 radical (unpaired) electrons. The fourth-order valence-electron chi connectivity index (χ4n) is 7.28. The molecular formula is C21H38N2. The summed E-state index contributed by atoms with van der Waals surface area (Å²) in [5.41, 5.74) is 1.64. The molecule has 4 bridgehead atoms. The van der Waals surface area contributed by atoms with Crippen molar-refractivity contribution in [3.8, 4) is 0 Å². The van der Waals surface area contributed by atoms with Crippen LogP contribution in [0.15, 0.2) is 0 Å². The molecule has 0 spiro atoms. The van der Waals surface area contributed by atoms with Gasteiger partial charge in [0, 0.05) is 25.2 Å². The lowest BCUT2D eigenvalue weighted by molar-refractivity contribution is 0.121. The SMILES string of the molecule is CC1(C)C2CCC1C(NCCNC1CC3CCC1(C)C3(C)C)C2. The Hall–Kier alpha value is -0.0800. The molecule has 4 saturated carbocycles. The van der Waals surface area contributed by atoms with Crippen molar-refractivity contribution in [2.24, 2.45) is 34.0 Å². The largest absolute Gasteiger partial charge is 0.312 e. The van der Waals surface area contributed by atoms with Gasteiger partial charge in [-0.05, 0) is 72.5 Å². The molecule has 2 N–H and O–H groups in total. The minimum atomic E-state index is 0.520. The highest BCUT2D eigenvalue weighted by Crippen LogP contribution is 2.65. The van der Waals surface area contributed by atoms with Crippen LogP contribution in [0.5, 0.6) is 0 Å². The third kappa shape index (κ3) is 2.20. The van der Waals surface area contributed by atoms with E-state index in [2.05, 4.69) is 45.3 Å². The Balaban J connectivity index is 1.25. The zero-order chi connectivity index (χ0) is 16.5. The summed E-state index contributed by atoms with van der Waals surface area (Å²) in [6.07, 6.45) is 8.65. The topological polar surface area (TPSA) is 24.1 Å². The van der Waals surface area contributed by atoms with Gasteiger partial charge in [-0.1, -0.05) is 34.6 Å². The van der Waals surface area contributed by atoms with Gasteiger partial charge < -0.3 is 10.6 Å². The molecule has 6 unspecified atom stereocenters. The third-order valence-electron chi connectivity index (χ3n) is 9.57. The first-order valence-corrected chi connectivity index (χ1v) is 10.2. The first-order valence-electron chi connectivity index (χ1n) is 10.2. The fraction of sp³-hybridized carbons (Fsp3) is 1.00. The van der Waals surface area contributed by atoms with E-state index in [9.17, 15) is 0 Å². The second-order valence-corrected chi connectivity index (χ2v) is 10.6. The summed E-state index contributed by atoms with van der Waals surface area (Å²) < 4.78 is 0. The monoisotopic (exact) mass is 318 g/mol. The first-order chi connectivity index (χ1) is 10.8. The Morgan fingerprint density at radius 1 is 0.826 bits per heavy atom. The Kier molecular flexibility index (Phi) is 3.71. The van der Waals surface area contributed by atoms with Gasteiger partial charge in [-0.15, -0.1) is 0 Å². The van der Waals surface area contributed by atoms with Crippen molar-refractivity contribution in [3.63, 3.8) is 0 Å². The highest BCUT2D eigenvalue weighted by Gasteiger charge is 2.61. The molecule has 4 aliphatic rings. The summed E-state index contributed by atoms with van der Waals surface area (Å²) >= 11 is 0. The quantitative estimate of drug-likeness (QED) is 0.742. The average Bonchev–Trinajstić information content (AvgIpc) is 3.06. The molecule has 23 heavy (non-hydrogen) atoms. The van der Waals surface area contributed by atoms with Crippen LogP contribution in [0.3, 0.4) is 0 Å². The van der Waals surface area contributed by atoms with Crippen LogP contribution in [0, 0.1) is 34.0 Å². The van der Waals surface area contributed by atoms with Crippen molar-refractivity contribution in [2.75, 3.05) is 13.1 Å². The second kappa shape index (κ2) is 5.21. The highest BCUT2D eigenvalue weighted by atomic mass is 15.0. The Morgan fingerprint density at radius 3 is 2.09 bits per heavy atom. The van der Waals surface area contributed by atoms with Crippen LogP contribution in [0.25, 0.3) is 0 Å². The number of rotatable bonds is 5. The maximum absolute atomic E-state index is 3.94. The second-order valence-electron chi connectivity index (χ2n) is 10.6. The van der Waals surface area contributed by atoms with Crippen LogP contribution in [-0.2, 0) is 0 Å². The van der Waals surface area contributed by atoms with E-state index in [0.29, 0.717) is 16.2 Å². The molecule has 0 aliphatic heterocycles. The average molecular weight is 319 g/mol. The van der Waals surface area contributed by atoms with E-state index in [4.69, 9.17) is 0 Å². The molecule has 4 aliphatic carbocycles. The molecule has 2 nitrogen and oxygen atoms in total. The number of hydrogen-bond acceptors (Lipinski definition) is 2. The van der Waals surface area contributed by atoms with Gasteiger partial charge in [0.05, 0.1) is 0 Å². The van der Waals surface area contributed by atoms with E-state index < -0.39 is 0 Å². The predicted molar refractivity (Wildman–Crippen MR) is 97.4 cm³/mol. The van der Waals surface area contributed by atoms with Gasteiger partial charge >= 0.3 is 0 Å². The summed E-state index contributed by atoms with van der Waals surface area (Å²) in [5.74, 6) is 2.85. The van der Waals surface area contributed by atoms with Gasteiger partial charge in [0.15, 0.2) is 0 Å². The molecule has 0 saturated heterocycles. The summed E-state index contributed by atoms with van der Waals surface area (Å²) in [5, 5.41) is 7.84. The van der Waals surface area contributed by atoms with Crippen LogP contribution in [0.1, 0.15) is 73.1 Å². The molecule has 0 aromatic rings. The summed E-state index contributed by atoms with van der Waals surface area (Å²) in [7, 11) is 0. The van der Waals surface area contributed by atoms with Gasteiger partial charge in [-0.3, -0.25) is 0 Å². The van der Waals surface area contributed by atoms with E-state index in [1.807, 2.05) is 0 Å². The van der Waals surface area contributed by atoms with E-state index >= 15 is 0 Å². The summed E-state index contributed by atoms with van der Waals surface area (Å²) in [6.45, 7) is 14.9. The van der Waals surface area contributed by atoms with Crippen LogP contribution >= 0.6 is 0 Å². The van der Waals surface area contributed by atoms with E-state index in [0.717, 1.165) is 42.9 Å². The van der Waals surface area contributed by atoms with E-state index in [1.165, 1.54) is 38.5 Å². The number of hydrogen-bond donors (Lipinski definition) is 2. The standard InChI is InChI=1S/C21H38N2/c1-19(2)14-6-7-16(19)17(12-14)22-10-11-23-18-13-15-8-9-21(18,5)20(15,3)4/h14-18,22-23H,6-13H2,1-5H3. The first kappa shape index (κ1) is 16.4. The molecular weight excluding hydrogens is 280 g/mol. The lowest BCUT2D eigenvalue weighted by Gasteiger charge is -2.39. The zero-order valence-electron chi connectivity index (χ0n) is 16.0. The number of nitrogens with one attached hydrogen (secondary N) is 2. The van der Waals surface area contributed by atoms with Gasteiger partial charge in [0.1, 0.15) is 0 Å². The lowest BCUT2D eigenvalue weighted by atomic mass is 9.69. The smallest absolute Gasteiger partial charge is 0.0129 e. The molecule has 4 rings (SSSR count). The molecule has 6 atom stereocenters. The van der Waals surface area contributed by atoms with Crippen LogP contribution in [-0.4, -0.2) is 25.2 Å². The lowest BCUT2D eigenvalue weighted by Crippen LogP contribution is -2.47. The van der Waals surface area contributed by atoms with Gasteiger partial charge in [-0.25, -0.2) is 0 Å². The van der Waals surface area contributed by atoms with E-state index in [-0.39, 0.29) is 0 Å². The van der Waals surface area contributed by atoms with Crippen LogP contribution < -0.4 is 10.6 Å². The van der Waals surface area contributed by atoms with Gasteiger partial charge in [0.25, 0.3) is 0 Å². The Bertz CT molecular complexity index is 468. The van der Waals surface area contributed by atoms with Crippen molar-refractivity contribution in [3.05, 3.63) is 0 Å². The minimum absolute atomic E-state index is 0.520. The van der Waals surface area contributed by atoms with E-state index in [1.54, 1.807) is 0 Å². The molecule has 2 heteroatoms. The summed E-state index contributed by atoms with van der Waals surface area (Å²) in [6, 6.07) is 1.53. The normalized spacial score (nSPS) is 49.2. The fourth-order valence-corrected chi connectivity index (χ4v) is 7.28. The molecule has 0 heterocycles.